The number of rotatable bonds is 3. The van der Waals surface area contributed by atoms with E-state index in [1.807, 2.05) is 42.2 Å². The molecule has 1 heterocycles. The van der Waals surface area contributed by atoms with Crippen molar-refractivity contribution in [1.82, 2.24) is 0 Å². The van der Waals surface area contributed by atoms with Crippen LogP contribution in [0.4, 0.5) is 5.69 Å². The van der Waals surface area contributed by atoms with Crippen LogP contribution >= 0.6 is 0 Å². The molecule has 4 nitrogen and oxygen atoms in total. The Labute approximate surface area is 147 Å². The summed E-state index contributed by atoms with van der Waals surface area (Å²) in [7, 11) is 1.37. The van der Waals surface area contributed by atoms with E-state index in [2.05, 4.69) is 16.9 Å². The van der Waals surface area contributed by atoms with E-state index in [1.165, 1.54) is 18.7 Å². The van der Waals surface area contributed by atoms with E-state index in [4.69, 9.17) is 0 Å². The average molecular weight is 335 g/mol. The molecule has 0 bridgehead atoms. The van der Waals surface area contributed by atoms with Gasteiger partial charge in [0.25, 0.3) is 0 Å². The molecule has 0 fully saturated rings. The molecule has 0 aromatic heterocycles. The molecule has 0 saturated carbocycles. The Morgan fingerprint density at radius 1 is 1.08 bits per heavy atom. The molecule has 4 heteroatoms. The molecule has 25 heavy (non-hydrogen) atoms. The zero-order chi connectivity index (χ0) is 18.0. The molecule has 128 valence electrons. The molecule has 1 amide bonds. The lowest BCUT2D eigenvalue weighted by atomic mass is 9.97. The summed E-state index contributed by atoms with van der Waals surface area (Å²) in [5, 5.41) is 0. The normalized spacial score (nSPS) is 13.6. The maximum Gasteiger partial charge on any atom is 0.330 e. The van der Waals surface area contributed by atoms with Crippen LogP contribution in [0.2, 0.25) is 0 Å². The predicted molar refractivity (Wildman–Crippen MR) is 99.3 cm³/mol. The van der Waals surface area contributed by atoms with Crippen LogP contribution < -0.4 is 4.90 Å². The lowest BCUT2D eigenvalue weighted by molar-refractivity contribution is -0.134. The number of hydrogen-bond acceptors (Lipinski definition) is 3. The molecular formula is C21H21NO3. The van der Waals surface area contributed by atoms with Crippen molar-refractivity contribution in [3.63, 3.8) is 0 Å². The second-order valence-corrected chi connectivity index (χ2v) is 6.20. The SMILES string of the molecule is COC(=O)/C=C(\C)c1cccc(-c2ccc3c(c2)CCN3C(C)=O)c1. The summed E-state index contributed by atoms with van der Waals surface area (Å²) in [6.45, 7) is 4.24. The molecule has 1 aliphatic heterocycles. The Balaban J connectivity index is 1.94. The van der Waals surface area contributed by atoms with Gasteiger partial charge in [-0.15, -0.1) is 0 Å². The molecule has 2 aromatic rings. The van der Waals surface area contributed by atoms with Crippen LogP contribution in [0, 0.1) is 0 Å². The fraction of sp³-hybridized carbons (Fsp3) is 0.238. The predicted octanol–water partition coefficient (Wildman–Crippen LogP) is 3.84. The fourth-order valence-corrected chi connectivity index (χ4v) is 3.17. The highest BCUT2D eigenvalue weighted by Gasteiger charge is 2.22. The van der Waals surface area contributed by atoms with Crippen molar-refractivity contribution in [1.29, 1.82) is 0 Å². The zero-order valence-electron chi connectivity index (χ0n) is 14.7. The standard InChI is InChI=1S/C21H21NO3/c1-14(11-21(24)25-3)16-5-4-6-17(12-16)18-7-8-20-19(13-18)9-10-22(20)15(2)23/h4-8,11-13H,9-10H2,1-3H3/b14-11+. The van der Waals surface area contributed by atoms with Gasteiger partial charge >= 0.3 is 5.97 Å². The first-order valence-corrected chi connectivity index (χ1v) is 8.27. The molecule has 0 saturated heterocycles. The second-order valence-electron chi connectivity index (χ2n) is 6.20. The molecule has 0 N–H and O–H groups in total. The largest absolute Gasteiger partial charge is 0.466 e. The van der Waals surface area contributed by atoms with Crippen LogP contribution in [0.3, 0.4) is 0 Å². The number of carbonyl (C=O) groups excluding carboxylic acids is 2. The van der Waals surface area contributed by atoms with Crippen molar-refractivity contribution in [3.05, 3.63) is 59.7 Å². The van der Waals surface area contributed by atoms with Crippen molar-refractivity contribution >= 4 is 23.1 Å². The van der Waals surface area contributed by atoms with Gasteiger partial charge in [0.15, 0.2) is 0 Å². The highest BCUT2D eigenvalue weighted by Crippen LogP contribution is 2.33. The summed E-state index contributed by atoms with van der Waals surface area (Å²) < 4.78 is 4.69. The van der Waals surface area contributed by atoms with Crippen molar-refractivity contribution in [2.45, 2.75) is 20.3 Å². The van der Waals surface area contributed by atoms with Crippen LogP contribution in [0.5, 0.6) is 0 Å². The number of ether oxygens (including phenoxy) is 1. The van der Waals surface area contributed by atoms with Gasteiger partial charge in [0.1, 0.15) is 0 Å². The van der Waals surface area contributed by atoms with Gasteiger partial charge in [-0.3, -0.25) is 4.79 Å². The Morgan fingerprint density at radius 3 is 2.56 bits per heavy atom. The number of allylic oxidation sites excluding steroid dienone is 1. The van der Waals surface area contributed by atoms with E-state index < -0.39 is 0 Å². The first kappa shape index (κ1) is 17.0. The lowest BCUT2D eigenvalue weighted by Crippen LogP contribution is -2.25. The van der Waals surface area contributed by atoms with E-state index in [-0.39, 0.29) is 11.9 Å². The molecule has 3 rings (SSSR count). The van der Waals surface area contributed by atoms with E-state index in [1.54, 1.807) is 6.92 Å². The minimum atomic E-state index is -0.357. The van der Waals surface area contributed by atoms with Crippen molar-refractivity contribution < 1.29 is 14.3 Å². The van der Waals surface area contributed by atoms with Gasteiger partial charge in [-0.05, 0) is 59.4 Å². The summed E-state index contributed by atoms with van der Waals surface area (Å²) in [4.78, 5) is 24.9. The van der Waals surface area contributed by atoms with E-state index in [9.17, 15) is 9.59 Å². The topological polar surface area (TPSA) is 46.6 Å². The minimum absolute atomic E-state index is 0.0806. The maximum absolute atomic E-state index is 11.7. The summed E-state index contributed by atoms with van der Waals surface area (Å²) >= 11 is 0. The Hall–Kier alpha value is -2.88. The van der Waals surface area contributed by atoms with Gasteiger partial charge in [0.2, 0.25) is 5.91 Å². The number of carbonyl (C=O) groups is 2. The van der Waals surface area contributed by atoms with Gasteiger partial charge in [-0.1, -0.05) is 24.3 Å². The third-order valence-corrected chi connectivity index (χ3v) is 4.54. The highest BCUT2D eigenvalue weighted by atomic mass is 16.5. The maximum atomic E-state index is 11.7. The van der Waals surface area contributed by atoms with Crippen molar-refractivity contribution in [2.24, 2.45) is 0 Å². The van der Waals surface area contributed by atoms with E-state index in [0.29, 0.717) is 0 Å². The number of benzene rings is 2. The van der Waals surface area contributed by atoms with Crippen molar-refractivity contribution in [2.75, 3.05) is 18.6 Å². The summed E-state index contributed by atoms with van der Waals surface area (Å²) in [6.07, 6.45) is 2.37. The summed E-state index contributed by atoms with van der Waals surface area (Å²) in [5.41, 5.74) is 6.23. The molecule has 1 aliphatic rings. The van der Waals surface area contributed by atoms with Gasteiger partial charge in [-0.2, -0.15) is 0 Å². The average Bonchev–Trinajstić information content (AvgIpc) is 3.05. The van der Waals surface area contributed by atoms with Crippen LogP contribution in [0.15, 0.2) is 48.5 Å². The number of fused-ring (bicyclic) bond motifs is 1. The number of hydrogen-bond donors (Lipinski definition) is 0. The van der Waals surface area contributed by atoms with Gasteiger partial charge < -0.3 is 9.64 Å². The minimum Gasteiger partial charge on any atom is -0.466 e. The molecule has 2 aromatic carbocycles. The fourth-order valence-electron chi connectivity index (χ4n) is 3.17. The molecule has 0 radical (unpaired) electrons. The highest BCUT2D eigenvalue weighted by molar-refractivity contribution is 5.94. The molecule has 0 atom stereocenters. The second kappa shape index (κ2) is 6.93. The molecule has 0 spiro atoms. The Bertz CT molecular complexity index is 867. The monoisotopic (exact) mass is 335 g/mol. The number of methoxy groups -OCH3 is 1. The third kappa shape index (κ3) is 3.48. The van der Waals surface area contributed by atoms with Crippen LogP contribution in [0.1, 0.15) is 25.0 Å². The van der Waals surface area contributed by atoms with Crippen LogP contribution in [-0.2, 0) is 20.7 Å². The number of nitrogens with zero attached hydrogens (tertiary/aromatic N) is 1. The summed E-state index contributed by atoms with van der Waals surface area (Å²) in [6, 6.07) is 14.3. The number of esters is 1. The lowest BCUT2D eigenvalue weighted by Gasteiger charge is -2.15. The van der Waals surface area contributed by atoms with Crippen molar-refractivity contribution in [3.8, 4) is 11.1 Å². The number of amides is 1. The smallest absolute Gasteiger partial charge is 0.330 e. The first-order chi connectivity index (χ1) is 12.0. The molecular weight excluding hydrogens is 314 g/mol. The third-order valence-electron chi connectivity index (χ3n) is 4.54. The van der Waals surface area contributed by atoms with Gasteiger partial charge in [0, 0.05) is 25.2 Å². The first-order valence-electron chi connectivity index (χ1n) is 8.27. The molecule has 0 unspecified atom stereocenters. The quantitative estimate of drug-likeness (QED) is 0.632. The Morgan fingerprint density at radius 2 is 1.84 bits per heavy atom. The molecule has 0 aliphatic carbocycles. The van der Waals surface area contributed by atoms with Crippen LogP contribution in [-0.4, -0.2) is 25.5 Å². The van der Waals surface area contributed by atoms with E-state index >= 15 is 0 Å². The van der Waals surface area contributed by atoms with Crippen LogP contribution in [0.25, 0.3) is 16.7 Å². The van der Waals surface area contributed by atoms with Gasteiger partial charge in [0.05, 0.1) is 7.11 Å². The summed E-state index contributed by atoms with van der Waals surface area (Å²) in [5.74, 6) is -0.276. The number of anilines is 1. The van der Waals surface area contributed by atoms with E-state index in [0.717, 1.165) is 40.9 Å². The van der Waals surface area contributed by atoms with Gasteiger partial charge in [-0.25, -0.2) is 4.79 Å². The Kier molecular flexibility index (Phi) is 4.70. The zero-order valence-corrected chi connectivity index (χ0v) is 14.7.